The minimum atomic E-state index is 1.05. The summed E-state index contributed by atoms with van der Waals surface area (Å²) in [7, 11) is 0. The molecule has 4 heterocycles. The zero-order valence-corrected chi connectivity index (χ0v) is 33.1. The molecule has 0 amide bonds. The fourth-order valence-corrected chi connectivity index (χ4v) is 10.3. The molecule has 4 heteroatoms. The number of hydrogen-bond acceptors (Lipinski definition) is 2. The number of anilines is 6. The minimum Gasteiger partial charge on any atom is -0.310 e. The van der Waals surface area contributed by atoms with E-state index in [0.29, 0.717) is 0 Å². The lowest BCUT2D eigenvalue weighted by Crippen LogP contribution is -2.10. The average Bonchev–Trinajstić information content (AvgIpc) is 4.01. The molecule has 13 rings (SSSR count). The number of nitrogens with zero attached hydrogens (tertiary/aromatic N) is 4. The van der Waals surface area contributed by atoms with E-state index in [1.165, 1.54) is 93.0 Å². The maximum absolute atomic E-state index is 3.22. The van der Waals surface area contributed by atoms with E-state index in [1.807, 2.05) is 12.1 Å². The largest absolute Gasteiger partial charge is 0.310 e. The summed E-state index contributed by atoms with van der Waals surface area (Å²) in [5, 5.41) is 10.0. The molecule has 0 fully saturated rings. The molecule has 0 spiro atoms. The van der Waals surface area contributed by atoms with Gasteiger partial charge >= 0.3 is 0 Å². The molecule has 280 valence electrons. The van der Waals surface area contributed by atoms with Crippen molar-refractivity contribution in [2.45, 2.75) is 13.8 Å². The molecule has 0 N–H and O–H groups in total. The predicted molar refractivity (Wildman–Crippen MR) is 252 cm³/mol. The third kappa shape index (κ3) is 4.46. The van der Waals surface area contributed by atoms with Crippen LogP contribution < -0.4 is 9.80 Å². The van der Waals surface area contributed by atoms with Gasteiger partial charge in [0.2, 0.25) is 0 Å². The maximum atomic E-state index is 3.22. The number of fused-ring (bicyclic) bond motifs is 12. The van der Waals surface area contributed by atoms with Crippen LogP contribution in [0.3, 0.4) is 0 Å². The fraction of sp³-hybridized carbons (Fsp3) is 0.0357. The Labute approximate surface area is 346 Å². The van der Waals surface area contributed by atoms with Gasteiger partial charge in [-0.2, -0.15) is 0 Å². The van der Waals surface area contributed by atoms with Crippen LogP contribution in [0.4, 0.5) is 34.1 Å². The van der Waals surface area contributed by atoms with E-state index in [-0.39, 0.29) is 0 Å². The Morgan fingerprint density at radius 1 is 0.367 bits per heavy atom. The summed E-state index contributed by atoms with van der Waals surface area (Å²) in [6.45, 7) is 4.32. The van der Waals surface area contributed by atoms with Gasteiger partial charge in [-0.25, -0.2) is 0 Å². The summed E-state index contributed by atoms with van der Waals surface area (Å²) in [5.41, 5.74) is 16.6. The number of aryl methyl sites for hydroxylation is 2. The van der Waals surface area contributed by atoms with Gasteiger partial charge in [-0.05, 0) is 110 Å². The van der Waals surface area contributed by atoms with Gasteiger partial charge in [-0.3, -0.25) is 0 Å². The smallest absolute Gasteiger partial charge is 0.0621 e. The van der Waals surface area contributed by atoms with E-state index < -0.39 is 0 Å². The van der Waals surface area contributed by atoms with Crippen molar-refractivity contribution in [1.29, 1.82) is 0 Å². The van der Waals surface area contributed by atoms with Gasteiger partial charge < -0.3 is 18.6 Å². The van der Waals surface area contributed by atoms with Crippen molar-refractivity contribution in [1.82, 2.24) is 8.80 Å². The number of benzene rings is 8. The Balaban J connectivity index is 1.10. The van der Waals surface area contributed by atoms with Crippen LogP contribution in [0.5, 0.6) is 0 Å². The van der Waals surface area contributed by atoms with Crippen molar-refractivity contribution < 1.29 is 0 Å². The monoisotopic (exact) mass is 764 g/mol. The van der Waals surface area contributed by atoms with Crippen molar-refractivity contribution in [3.05, 3.63) is 205 Å². The molecule has 4 aromatic heterocycles. The van der Waals surface area contributed by atoms with E-state index >= 15 is 0 Å². The number of para-hydroxylation sites is 3. The fourth-order valence-electron chi connectivity index (χ4n) is 10.3. The molecule has 0 saturated carbocycles. The first-order valence-corrected chi connectivity index (χ1v) is 20.6. The highest BCUT2D eigenvalue weighted by atomic mass is 15.2. The van der Waals surface area contributed by atoms with Crippen LogP contribution in [-0.4, -0.2) is 8.80 Å². The van der Waals surface area contributed by atoms with Crippen molar-refractivity contribution in [2.24, 2.45) is 0 Å². The quantitative estimate of drug-likeness (QED) is 0.168. The lowest BCUT2D eigenvalue weighted by atomic mass is 10.0. The van der Waals surface area contributed by atoms with Crippen LogP contribution in [0.25, 0.3) is 76.2 Å². The van der Waals surface area contributed by atoms with Gasteiger partial charge in [0, 0.05) is 66.2 Å². The highest BCUT2D eigenvalue weighted by Crippen LogP contribution is 2.50. The van der Waals surface area contributed by atoms with Gasteiger partial charge in [0.05, 0.1) is 50.2 Å². The molecule has 0 atom stereocenters. The minimum absolute atomic E-state index is 1.05. The highest BCUT2D eigenvalue weighted by Gasteiger charge is 2.26. The van der Waals surface area contributed by atoms with Crippen LogP contribution in [0, 0.1) is 26.0 Å². The molecule has 0 bridgehead atoms. The number of aromatic nitrogens is 2. The second kappa shape index (κ2) is 12.3. The van der Waals surface area contributed by atoms with Crippen LogP contribution >= 0.6 is 0 Å². The van der Waals surface area contributed by atoms with Crippen LogP contribution in [0.15, 0.2) is 182 Å². The Hall–Kier alpha value is -8.00. The Kier molecular flexibility index (Phi) is 6.74. The van der Waals surface area contributed by atoms with Crippen LogP contribution in [-0.2, 0) is 0 Å². The Morgan fingerprint density at radius 2 is 0.850 bits per heavy atom. The standard InChI is InChI=1S/C56H36N4/c1-35-15-9-21-39(31-35)57(37-17-5-3-6-18-37)47-27-13-29-49-53(47)43-25-11-23-41-45-34-52-46(33-51(45)59(49)55(41)43)42-24-12-26-44-54-48(28-14-30-50(54)60(52)56(42)44)58(38-19-7-4-8-20-38)40-22-10-16-36(2)32-40/h3,5-7,9-34H,1-2H3. The molecule has 0 aliphatic rings. The van der Waals surface area contributed by atoms with Crippen LogP contribution in [0.2, 0.25) is 0 Å². The SMILES string of the molecule is Cc1cccc(N(c2cc#ccc2)c2cccc3c2c2cccc4c5cc6c(cc5n3c42)c2cccc3c4c(N(c5ccccc5)c5cccc(C)c5)cccc4n6c23)c1. The molecule has 4 nitrogen and oxygen atoms in total. The lowest BCUT2D eigenvalue weighted by Gasteiger charge is -2.26. The average molecular weight is 765 g/mol. The van der Waals surface area contributed by atoms with Crippen LogP contribution in [0.1, 0.15) is 11.1 Å². The van der Waals surface area contributed by atoms with E-state index in [2.05, 4.69) is 214 Å². The molecule has 13 aromatic rings. The summed E-state index contributed by atoms with van der Waals surface area (Å²) >= 11 is 0. The molecule has 0 aliphatic carbocycles. The van der Waals surface area contributed by atoms with Gasteiger partial charge in [-0.1, -0.05) is 103 Å². The molecular formula is C56H36N4. The van der Waals surface area contributed by atoms with Crippen molar-refractivity contribution in [3.8, 4) is 0 Å². The number of rotatable bonds is 6. The van der Waals surface area contributed by atoms with Gasteiger partial charge in [0.15, 0.2) is 0 Å². The zero-order valence-electron chi connectivity index (χ0n) is 33.1. The molecule has 9 aromatic carbocycles. The van der Waals surface area contributed by atoms with E-state index in [1.54, 1.807) is 0 Å². The third-order valence-corrected chi connectivity index (χ3v) is 12.7. The lowest BCUT2D eigenvalue weighted by molar-refractivity contribution is 1.28. The summed E-state index contributed by atoms with van der Waals surface area (Å²) < 4.78 is 5.04. The topological polar surface area (TPSA) is 15.3 Å². The second-order valence-electron chi connectivity index (χ2n) is 16.2. The summed E-state index contributed by atoms with van der Waals surface area (Å²) in [6, 6.07) is 72.9. The zero-order chi connectivity index (χ0) is 39.6. The Morgan fingerprint density at radius 3 is 1.37 bits per heavy atom. The van der Waals surface area contributed by atoms with Crippen molar-refractivity contribution >= 4 is 110 Å². The van der Waals surface area contributed by atoms with Gasteiger partial charge in [-0.15, -0.1) is 0 Å². The Bertz CT molecular complexity index is 3550. The predicted octanol–water partition coefficient (Wildman–Crippen LogP) is 15.1. The first kappa shape index (κ1) is 33.0. The molecule has 0 unspecified atom stereocenters. The third-order valence-electron chi connectivity index (χ3n) is 12.7. The summed E-state index contributed by atoms with van der Waals surface area (Å²) in [4.78, 5) is 4.78. The first-order chi connectivity index (χ1) is 29.6. The molecule has 0 saturated heterocycles. The van der Waals surface area contributed by atoms with Crippen molar-refractivity contribution in [3.63, 3.8) is 0 Å². The maximum Gasteiger partial charge on any atom is 0.0621 e. The van der Waals surface area contributed by atoms with Gasteiger partial charge in [0.25, 0.3) is 0 Å². The second-order valence-corrected chi connectivity index (χ2v) is 16.2. The number of hydrogen-bond donors (Lipinski definition) is 0. The first-order valence-electron chi connectivity index (χ1n) is 20.6. The highest BCUT2D eigenvalue weighted by molar-refractivity contribution is 6.31. The molecule has 0 radical (unpaired) electrons. The van der Waals surface area contributed by atoms with Gasteiger partial charge in [0.1, 0.15) is 0 Å². The molecule has 0 aliphatic heterocycles. The van der Waals surface area contributed by atoms with E-state index in [0.717, 1.165) is 28.4 Å². The molecular weight excluding hydrogens is 729 g/mol. The summed E-state index contributed by atoms with van der Waals surface area (Å²) in [6.07, 6.45) is 0. The van der Waals surface area contributed by atoms with E-state index in [4.69, 9.17) is 0 Å². The normalized spacial score (nSPS) is 12.0. The van der Waals surface area contributed by atoms with E-state index in [9.17, 15) is 0 Å². The van der Waals surface area contributed by atoms with Crippen molar-refractivity contribution in [2.75, 3.05) is 9.80 Å². The summed E-state index contributed by atoms with van der Waals surface area (Å²) in [5.74, 6) is 0. The molecule has 60 heavy (non-hydrogen) atoms.